The molecule has 180 valence electrons. The van der Waals surface area contributed by atoms with Gasteiger partial charge in [-0.2, -0.15) is 16.8 Å². The van der Waals surface area contributed by atoms with Gasteiger partial charge in [-0.3, -0.25) is 8.37 Å². The van der Waals surface area contributed by atoms with E-state index in [0.717, 1.165) is 12.5 Å². The molecule has 0 saturated heterocycles. The highest BCUT2D eigenvalue weighted by Gasteiger charge is 2.24. The summed E-state index contributed by atoms with van der Waals surface area (Å²) in [7, 11) is 3.60. The lowest BCUT2D eigenvalue weighted by molar-refractivity contribution is -0.873. The van der Waals surface area contributed by atoms with Crippen molar-refractivity contribution in [3.8, 4) is 0 Å². The van der Waals surface area contributed by atoms with Crippen molar-refractivity contribution in [2.45, 2.75) is 25.0 Å². The summed E-state index contributed by atoms with van der Waals surface area (Å²) in [5.74, 6) is -2.64. The van der Waals surface area contributed by atoms with Crippen molar-refractivity contribution < 1.29 is 54.0 Å². The minimum absolute atomic E-state index is 0.279. The van der Waals surface area contributed by atoms with Crippen molar-refractivity contribution in [1.82, 2.24) is 0 Å². The van der Waals surface area contributed by atoms with E-state index in [9.17, 15) is 36.6 Å². The number of aliphatic carboxylic acids is 2. The first-order chi connectivity index (χ1) is 13.0. The van der Waals surface area contributed by atoms with E-state index in [1.165, 1.54) is 0 Å². The Balaban J connectivity index is 0. The number of hydrogen-bond acceptors (Lipinski definition) is 10. The van der Waals surface area contributed by atoms with Crippen LogP contribution in [0.1, 0.15) is 12.8 Å². The number of quaternary nitrogens is 2. The van der Waals surface area contributed by atoms with E-state index >= 15 is 0 Å². The summed E-state index contributed by atoms with van der Waals surface area (Å²) < 4.78 is 53.6. The molecule has 2 atom stereocenters. The number of rotatable bonds is 12. The predicted octanol–water partition coefficient (Wildman–Crippen LogP) is -3.65. The van der Waals surface area contributed by atoms with Crippen LogP contribution in [-0.4, -0.2) is 118 Å². The molecule has 0 spiro atoms. The Hall–Kier alpha value is -1.32. The van der Waals surface area contributed by atoms with Crippen molar-refractivity contribution in [2.24, 2.45) is 0 Å². The van der Waals surface area contributed by atoms with Crippen molar-refractivity contribution >= 4 is 32.2 Å². The monoisotopic (exact) mass is 478 g/mol. The van der Waals surface area contributed by atoms with Gasteiger partial charge in [-0.05, 0) is 0 Å². The zero-order valence-corrected chi connectivity index (χ0v) is 20.4. The van der Waals surface area contributed by atoms with Crippen molar-refractivity contribution in [2.75, 3.05) is 67.9 Å². The molecule has 0 aromatic carbocycles. The maximum atomic E-state index is 10.9. The first-order valence-corrected chi connectivity index (χ1v) is 12.4. The summed E-state index contributed by atoms with van der Waals surface area (Å²) in [6.45, 7) is 0.558. The fourth-order valence-electron chi connectivity index (χ4n) is 2.35. The van der Waals surface area contributed by atoms with Crippen LogP contribution in [0.25, 0.3) is 0 Å². The average molecular weight is 479 g/mol. The minimum Gasteiger partial charge on any atom is -0.550 e. The molecule has 0 aromatic heterocycles. The van der Waals surface area contributed by atoms with Gasteiger partial charge in [-0.1, -0.05) is 0 Å². The summed E-state index contributed by atoms with van der Waals surface area (Å²) in [6, 6.07) is 0. The van der Waals surface area contributed by atoms with Crippen LogP contribution in [0.3, 0.4) is 0 Å². The number of carbonyl (C=O) groups excluding carboxylic acids is 2. The van der Waals surface area contributed by atoms with Gasteiger partial charge in [0, 0.05) is 24.8 Å². The molecule has 0 aliphatic rings. The number of likely N-dealkylation sites (N-methyl/N-ethyl adjacent to an activating group) is 2. The van der Waals surface area contributed by atoms with Gasteiger partial charge in [0.05, 0.1) is 54.8 Å². The zero-order chi connectivity index (χ0) is 24.6. The lowest BCUT2D eigenvalue weighted by atomic mass is 10.2. The van der Waals surface area contributed by atoms with E-state index in [1.54, 1.807) is 0 Å². The van der Waals surface area contributed by atoms with E-state index in [0.29, 0.717) is 8.97 Å². The van der Waals surface area contributed by atoms with Crippen LogP contribution in [0.5, 0.6) is 0 Å². The molecular formula is C16H34N2O10S2. The lowest BCUT2D eigenvalue weighted by Gasteiger charge is -2.28. The quantitative estimate of drug-likeness (QED) is 0.201. The number of carbonyl (C=O) groups is 2. The third-order valence-corrected chi connectivity index (χ3v) is 4.16. The maximum absolute atomic E-state index is 10.9. The van der Waals surface area contributed by atoms with Gasteiger partial charge in [0.2, 0.25) is 0 Å². The molecule has 14 heteroatoms. The number of carboxylic acids is 2. The molecule has 30 heavy (non-hydrogen) atoms. The van der Waals surface area contributed by atoms with Crippen LogP contribution in [0, 0.1) is 0 Å². The molecule has 0 amide bonds. The molecule has 0 aromatic rings. The van der Waals surface area contributed by atoms with Gasteiger partial charge in [-0.15, -0.1) is 0 Å². The van der Waals surface area contributed by atoms with Gasteiger partial charge in [0.15, 0.2) is 0 Å². The standard InChI is InChI=1S/2C8H17NO5S/c2*1-9(2,3)6-7(5-8(10)11)14-15(4,12)13/h2*7H,5-6H2,1-4H3. The second-order valence-corrected chi connectivity index (χ2v) is 12.1. The number of nitrogens with zero attached hydrogens (tertiary/aromatic N) is 2. The van der Waals surface area contributed by atoms with Crippen molar-refractivity contribution in [3.63, 3.8) is 0 Å². The largest absolute Gasteiger partial charge is 0.550 e. The molecule has 0 bridgehead atoms. The molecule has 0 radical (unpaired) electrons. The van der Waals surface area contributed by atoms with E-state index < -0.39 is 57.2 Å². The molecule has 0 heterocycles. The molecular weight excluding hydrogens is 444 g/mol. The van der Waals surface area contributed by atoms with Crippen LogP contribution in [0.15, 0.2) is 0 Å². The zero-order valence-electron chi connectivity index (χ0n) is 18.8. The Morgan fingerprint density at radius 3 is 1.07 bits per heavy atom. The molecule has 0 aliphatic carbocycles. The molecule has 0 rings (SSSR count). The SMILES string of the molecule is C[N+](C)(C)CC(CC(=O)[O-])OS(C)(=O)=O.C[N+](C)(C)CC(CC(=O)[O-])OS(C)(=O)=O. The second kappa shape index (κ2) is 11.9. The van der Waals surface area contributed by atoms with Gasteiger partial charge in [0.25, 0.3) is 20.2 Å². The van der Waals surface area contributed by atoms with Gasteiger partial charge >= 0.3 is 0 Å². The fraction of sp³-hybridized carbons (Fsp3) is 0.875. The summed E-state index contributed by atoms with van der Waals surface area (Å²) in [5.41, 5.74) is 0. The number of carboxylic acid groups (broad SMARTS) is 2. The molecule has 12 nitrogen and oxygen atoms in total. The second-order valence-electron chi connectivity index (χ2n) is 8.94. The van der Waals surface area contributed by atoms with Crippen LogP contribution in [0.4, 0.5) is 0 Å². The Kier molecular flexibility index (Phi) is 12.3. The van der Waals surface area contributed by atoms with Crippen LogP contribution < -0.4 is 10.2 Å². The summed E-state index contributed by atoms with van der Waals surface area (Å²) >= 11 is 0. The number of hydrogen-bond donors (Lipinski definition) is 0. The fourth-order valence-corrected chi connectivity index (χ4v) is 3.59. The first kappa shape index (κ1) is 30.9. The Morgan fingerprint density at radius 2 is 0.933 bits per heavy atom. The van der Waals surface area contributed by atoms with E-state index in [1.807, 2.05) is 42.3 Å². The van der Waals surface area contributed by atoms with Crippen molar-refractivity contribution in [1.29, 1.82) is 0 Å². The molecule has 0 aliphatic heterocycles. The van der Waals surface area contributed by atoms with Crippen LogP contribution in [-0.2, 0) is 38.2 Å². The third kappa shape index (κ3) is 24.7. The normalized spacial score (nSPS) is 14.9. The smallest absolute Gasteiger partial charge is 0.264 e. The highest BCUT2D eigenvalue weighted by atomic mass is 32.2. The van der Waals surface area contributed by atoms with Gasteiger partial charge < -0.3 is 28.8 Å². The average Bonchev–Trinajstić information content (AvgIpc) is 2.27. The predicted molar refractivity (Wildman–Crippen MR) is 104 cm³/mol. The molecule has 0 N–H and O–H groups in total. The molecule has 0 fully saturated rings. The Bertz CT molecular complexity index is 699. The van der Waals surface area contributed by atoms with E-state index in [4.69, 9.17) is 0 Å². The Morgan fingerprint density at radius 1 is 0.700 bits per heavy atom. The van der Waals surface area contributed by atoms with E-state index in [-0.39, 0.29) is 13.1 Å². The van der Waals surface area contributed by atoms with Crippen LogP contribution in [0.2, 0.25) is 0 Å². The van der Waals surface area contributed by atoms with Gasteiger partial charge in [0.1, 0.15) is 25.3 Å². The van der Waals surface area contributed by atoms with Crippen molar-refractivity contribution in [3.05, 3.63) is 0 Å². The topological polar surface area (TPSA) is 167 Å². The highest BCUT2D eigenvalue weighted by molar-refractivity contribution is 7.86. The maximum Gasteiger partial charge on any atom is 0.264 e. The Labute approximate surface area is 179 Å². The highest BCUT2D eigenvalue weighted by Crippen LogP contribution is 2.08. The first-order valence-electron chi connectivity index (χ1n) is 8.76. The van der Waals surface area contributed by atoms with Gasteiger partial charge in [-0.25, -0.2) is 0 Å². The summed E-state index contributed by atoms with van der Waals surface area (Å²) in [6.07, 6.45) is -0.837. The van der Waals surface area contributed by atoms with E-state index in [2.05, 4.69) is 8.37 Å². The lowest BCUT2D eigenvalue weighted by Crippen LogP contribution is -2.45. The van der Waals surface area contributed by atoms with Crippen LogP contribution >= 0.6 is 0 Å². The molecule has 0 saturated carbocycles. The summed E-state index contributed by atoms with van der Waals surface area (Å²) in [5, 5.41) is 20.8. The minimum atomic E-state index is -3.64. The summed E-state index contributed by atoms with van der Waals surface area (Å²) in [4.78, 5) is 20.8. The third-order valence-electron chi connectivity index (χ3n) is 2.91. The molecule has 2 unspecified atom stereocenters.